The summed E-state index contributed by atoms with van der Waals surface area (Å²) >= 11 is 0. The molecule has 0 saturated heterocycles. The summed E-state index contributed by atoms with van der Waals surface area (Å²) in [6.07, 6.45) is 8.64. The van der Waals surface area contributed by atoms with Crippen LogP contribution in [0.15, 0.2) is 12.7 Å². The highest BCUT2D eigenvalue weighted by Gasteiger charge is 2.27. The Morgan fingerprint density at radius 3 is 2.23 bits per heavy atom. The van der Waals surface area contributed by atoms with Crippen LogP contribution in [0.5, 0.6) is 0 Å². The Morgan fingerprint density at radius 1 is 1.38 bits per heavy atom. The molecule has 0 rings (SSSR count). The third kappa shape index (κ3) is 4.12. The molecule has 0 aromatic rings. The van der Waals surface area contributed by atoms with E-state index in [-0.39, 0.29) is 5.41 Å². The van der Waals surface area contributed by atoms with Gasteiger partial charge in [0.2, 0.25) is 0 Å². The molecule has 0 amide bonds. The van der Waals surface area contributed by atoms with Gasteiger partial charge in [-0.25, -0.2) is 0 Å². The second-order valence-electron chi connectivity index (χ2n) is 3.24. The van der Waals surface area contributed by atoms with Gasteiger partial charge in [0, 0.05) is 26.1 Å². The fourth-order valence-corrected chi connectivity index (χ4v) is 1.47. The zero-order valence-corrected chi connectivity index (χ0v) is 8.51. The maximum atomic E-state index is 5.31. The number of hydrogen-bond acceptors (Lipinski definition) is 2. The number of hydrogen-bond donors (Lipinski definition) is 0. The van der Waals surface area contributed by atoms with Crippen molar-refractivity contribution in [2.45, 2.75) is 12.8 Å². The molecule has 0 heterocycles. The van der Waals surface area contributed by atoms with Crippen LogP contribution < -0.4 is 0 Å². The van der Waals surface area contributed by atoms with Gasteiger partial charge in [-0.2, -0.15) is 0 Å². The molecule has 0 N–H and O–H groups in total. The maximum absolute atomic E-state index is 5.31. The van der Waals surface area contributed by atoms with E-state index in [4.69, 9.17) is 15.9 Å². The average Bonchev–Trinajstić information content (AvgIpc) is 2.06. The fraction of sp³-hybridized carbons (Fsp3) is 0.636. The summed E-state index contributed by atoms with van der Waals surface area (Å²) in [6, 6.07) is 0. The fourth-order valence-electron chi connectivity index (χ4n) is 1.47. The average molecular weight is 182 g/mol. The highest BCUT2D eigenvalue weighted by molar-refractivity contribution is 4.97. The highest BCUT2D eigenvalue weighted by atomic mass is 16.5. The quantitative estimate of drug-likeness (QED) is 0.442. The van der Waals surface area contributed by atoms with Gasteiger partial charge < -0.3 is 9.47 Å². The van der Waals surface area contributed by atoms with Gasteiger partial charge in [-0.05, 0) is 6.42 Å². The van der Waals surface area contributed by atoms with Crippen LogP contribution in [0.3, 0.4) is 0 Å². The van der Waals surface area contributed by atoms with Gasteiger partial charge in [0.05, 0.1) is 13.2 Å². The van der Waals surface area contributed by atoms with E-state index in [0.717, 1.165) is 6.42 Å². The van der Waals surface area contributed by atoms with Crippen molar-refractivity contribution in [1.82, 2.24) is 0 Å². The molecular formula is C11H18O2. The van der Waals surface area contributed by atoms with E-state index in [1.807, 2.05) is 6.08 Å². The van der Waals surface area contributed by atoms with Crippen molar-refractivity contribution in [1.29, 1.82) is 0 Å². The van der Waals surface area contributed by atoms with E-state index in [1.165, 1.54) is 0 Å². The van der Waals surface area contributed by atoms with Crippen LogP contribution in [0.2, 0.25) is 0 Å². The molecule has 0 aliphatic carbocycles. The Kier molecular flexibility index (Phi) is 6.30. The lowest BCUT2D eigenvalue weighted by atomic mass is 9.83. The summed E-state index contributed by atoms with van der Waals surface area (Å²) < 4.78 is 10.3. The first-order valence-electron chi connectivity index (χ1n) is 4.27. The van der Waals surface area contributed by atoms with Crippen molar-refractivity contribution < 1.29 is 9.47 Å². The van der Waals surface area contributed by atoms with Crippen molar-refractivity contribution in [3.63, 3.8) is 0 Å². The Balaban J connectivity index is 4.38. The lowest BCUT2D eigenvalue weighted by molar-refractivity contribution is 0.0151. The number of allylic oxidation sites excluding steroid dienone is 1. The topological polar surface area (TPSA) is 18.5 Å². The SMILES string of the molecule is C#CCC(CC=C)(COC)COC. The minimum absolute atomic E-state index is 0.0972. The molecule has 0 radical (unpaired) electrons. The van der Waals surface area contributed by atoms with Gasteiger partial charge in [0.25, 0.3) is 0 Å². The molecule has 0 bridgehead atoms. The lowest BCUT2D eigenvalue weighted by Gasteiger charge is -2.29. The van der Waals surface area contributed by atoms with Crippen molar-refractivity contribution in [2.24, 2.45) is 5.41 Å². The zero-order valence-electron chi connectivity index (χ0n) is 8.51. The smallest absolute Gasteiger partial charge is 0.0552 e. The summed E-state index contributed by atoms with van der Waals surface area (Å²) in [5.41, 5.74) is -0.0972. The molecule has 0 spiro atoms. The van der Waals surface area contributed by atoms with E-state index in [0.29, 0.717) is 19.6 Å². The largest absolute Gasteiger partial charge is 0.384 e. The third-order valence-corrected chi connectivity index (χ3v) is 1.96. The van der Waals surface area contributed by atoms with Crippen LogP contribution >= 0.6 is 0 Å². The van der Waals surface area contributed by atoms with Crippen LogP contribution in [-0.2, 0) is 9.47 Å². The first kappa shape index (κ1) is 12.2. The van der Waals surface area contributed by atoms with Crippen molar-refractivity contribution in [3.8, 4) is 12.3 Å². The summed E-state index contributed by atoms with van der Waals surface area (Å²) in [7, 11) is 3.34. The summed E-state index contributed by atoms with van der Waals surface area (Å²) in [5.74, 6) is 2.66. The molecule has 0 aromatic carbocycles. The van der Waals surface area contributed by atoms with Crippen molar-refractivity contribution in [3.05, 3.63) is 12.7 Å². The molecule has 0 atom stereocenters. The molecule has 2 nitrogen and oxygen atoms in total. The van der Waals surface area contributed by atoms with Crippen molar-refractivity contribution in [2.75, 3.05) is 27.4 Å². The Hall–Kier alpha value is -0.780. The molecule has 0 aliphatic heterocycles. The Bertz CT molecular complexity index is 173. The molecule has 0 fully saturated rings. The Morgan fingerprint density at radius 2 is 1.92 bits per heavy atom. The normalized spacial score (nSPS) is 10.8. The molecule has 0 unspecified atom stereocenters. The van der Waals surface area contributed by atoms with Crippen LogP contribution in [0, 0.1) is 17.8 Å². The standard InChI is InChI=1S/C11H18O2/c1-5-7-11(8-6-2,9-12-3)10-13-4/h1,6H,2,7-10H2,3-4H3. The first-order chi connectivity index (χ1) is 6.24. The molecule has 0 saturated carbocycles. The maximum Gasteiger partial charge on any atom is 0.0552 e. The molecule has 0 aromatic heterocycles. The van der Waals surface area contributed by atoms with Crippen LogP contribution in [0.4, 0.5) is 0 Å². The van der Waals surface area contributed by atoms with Gasteiger partial charge >= 0.3 is 0 Å². The molecule has 74 valence electrons. The Labute approximate surface area is 80.9 Å². The number of rotatable bonds is 7. The second-order valence-corrected chi connectivity index (χ2v) is 3.24. The van der Waals surface area contributed by atoms with Gasteiger partial charge in [-0.15, -0.1) is 18.9 Å². The van der Waals surface area contributed by atoms with Crippen LogP contribution in [0.25, 0.3) is 0 Å². The van der Waals surface area contributed by atoms with Gasteiger partial charge in [0.1, 0.15) is 0 Å². The summed E-state index contributed by atoms with van der Waals surface area (Å²) in [5, 5.41) is 0. The minimum atomic E-state index is -0.0972. The van der Waals surface area contributed by atoms with E-state index in [1.54, 1.807) is 14.2 Å². The predicted octanol–water partition coefficient (Wildman–Crippen LogP) is 1.86. The van der Waals surface area contributed by atoms with Gasteiger partial charge in [0.15, 0.2) is 0 Å². The number of methoxy groups -OCH3 is 2. The zero-order chi connectivity index (χ0) is 10.2. The predicted molar refractivity (Wildman–Crippen MR) is 54.4 cm³/mol. The second kappa shape index (κ2) is 6.71. The number of terminal acetylenes is 1. The lowest BCUT2D eigenvalue weighted by Crippen LogP contribution is -2.30. The van der Waals surface area contributed by atoms with Gasteiger partial charge in [-0.1, -0.05) is 6.08 Å². The van der Waals surface area contributed by atoms with Crippen LogP contribution in [0.1, 0.15) is 12.8 Å². The van der Waals surface area contributed by atoms with E-state index in [9.17, 15) is 0 Å². The molecule has 13 heavy (non-hydrogen) atoms. The van der Waals surface area contributed by atoms with E-state index in [2.05, 4.69) is 12.5 Å². The molecular weight excluding hydrogens is 164 g/mol. The monoisotopic (exact) mass is 182 g/mol. The highest BCUT2D eigenvalue weighted by Crippen LogP contribution is 2.27. The van der Waals surface area contributed by atoms with Gasteiger partial charge in [-0.3, -0.25) is 0 Å². The first-order valence-corrected chi connectivity index (χ1v) is 4.27. The minimum Gasteiger partial charge on any atom is -0.384 e. The van der Waals surface area contributed by atoms with E-state index >= 15 is 0 Å². The number of ether oxygens (including phenoxy) is 2. The van der Waals surface area contributed by atoms with Crippen LogP contribution in [-0.4, -0.2) is 27.4 Å². The third-order valence-electron chi connectivity index (χ3n) is 1.96. The molecule has 0 aliphatic rings. The van der Waals surface area contributed by atoms with E-state index < -0.39 is 0 Å². The summed E-state index contributed by atoms with van der Waals surface area (Å²) in [4.78, 5) is 0. The van der Waals surface area contributed by atoms with Crippen molar-refractivity contribution >= 4 is 0 Å². The summed E-state index contributed by atoms with van der Waals surface area (Å²) in [6.45, 7) is 4.93. The molecule has 2 heteroatoms.